The maximum absolute atomic E-state index is 12.5. The normalized spacial score (nSPS) is 24.7. The molecule has 1 aromatic carbocycles. The molecule has 27 heavy (non-hydrogen) atoms. The smallest absolute Gasteiger partial charge is 0.279 e. The molecule has 2 fully saturated rings. The first-order valence-corrected chi connectivity index (χ1v) is 10.6. The number of nitrogens with zero attached hydrogens (tertiary/aromatic N) is 1. The van der Waals surface area contributed by atoms with Crippen LogP contribution in [0.5, 0.6) is 0 Å². The number of benzene rings is 1. The number of nitrogens with one attached hydrogen (secondary N) is 2. The van der Waals surface area contributed by atoms with Crippen LogP contribution in [-0.2, 0) is 4.79 Å². The van der Waals surface area contributed by atoms with Crippen LogP contribution in [0.4, 0.5) is 5.69 Å². The predicted molar refractivity (Wildman–Crippen MR) is 108 cm³/mol. The zero-order valence-corrected chi connectivity index (χ0v) is 16.8. The highest BCUT2D eigenvalue weighted by molar-refractivity contribution is 5.97. The third-order valence-electron chi connectivity index (χ3n) is 6.34. The lowest BCUT2D eigenvalue weighted by Crippen LogP contribution is -3.15. The van der Waals surface area contributed by atoms with Gasteiger partial charge in [-0.05, 0) is 57.2 Å². The Bertz CT molecular complexity index is 657. The van der Waals surface area contributed by atoms with Crippen molar-refractivity contribution in [1.82, 2.24) is 4.90 Å². The molecule has 1 aromatic rings. The number of amides is 2. The van der Waals surface area contributed by atoms with E-state index in [1.165, 1.54) is 37.0 Å². The number of carbonyl (C=O) groups excluding carboxylic acids is 2. The number of fused-ring (bicyclic) bond motifs is 1. The molecule has 0 spiro atoms. The van der Waals surface area contributed by atoms with Crippen molar-refractivity contribution >= 4 is 17.5 Å². The summed E-state index contributed by atoms with van der Waals surface area (Å²) >= 11 is 0. The Hall–Kier alpha value is -1.88. The summed E-state index contributed by atoms with van der Waals surface area (Å²) < 4.78 is 0. The third-order valence-corrected chi connectivity index (χ3v) is 6.34. The second-order valence-corrected chi connectivity index (χ2v) is 8.08. The van der Waals surface area contributed by atoms with Gasteiger partial charge in [0.05, 0.1) is 13.1 Å². The Morgan fingerprint density at radius 2 is 1.85 bits per heavy atom. The van der Waals surface area contributed by atoms with E-state index in [0.29, 0.717) is 30.9 Å². The lowest BCUT2D eigenvalue weighted by Gasteiger charge is -2.38. The van der Waals surface area contributed by atoms with Crippen molar-refractivity contribution < 1.29 is 14.5 Å². The number of piperidine rings is 1. The molecule has 0 bridgehead atoms. The first kappa shape index (κ1) is 19.9. The first-order chi connectivity index (χ1) is 13.1. The second-order valence-electron chi connectivity index (χ2n) is 8.08. The Morgan fingerprint density at radius 3 is 2.59 bits per heavy atom. The van der Waals surface area contributed by atoms with Crippen LogP contribution in [0.25, 0.3) is 0 Å². The van der Waals surface area contributed by atoms with E-state index in [1.807, 2.05) is 32.0 Å². The molecule has 1 saturated carbocycles. The van der Waals surface area contributed by atoms with E-state index in [1.54, 1.807) is 11.0 Å². The van der Waals surface area contributed by atoms with Gasteiger partial charge in [-0.15, -0.1) is 0 Å². The van der Waals surface area contributed by atoms with Gasteiger partial charge < -0.3 is 15.1 Å². The summed E-state index contributed by atoms with van der Waals surface area (Å²) in [5.74, 6) is 1.77. The SMILES string of the molecule is CCN(CC)C(=O)c1cccc(NC(=O)C[NH+]2CC[C@H]3CCCC[C@@H]3C2)c1. The fraction of sp³-hybridized carbons (Fsp3) is 0.636. The topological polar surface area (TPSA) is 53.9 Å². The summed E-state index contributed by atoms with van der Waals surface area (Å²) in [5, 5.41) is 3.00. The minimum Gasteiger partial charge on any atom is -0.339 e. The molecule has 2 aliphatic rings. The molecule has 0 aromatic heterocycles. The van der Waals surface area contributed by atoms with Gasteiger partial charge in [-0.2, -0.15) is 0 Å². The molecule has 0 radical (unpaired) electrons. The van der Waals surface area contributed by atoms with E-state index in [2.05, 4.69) is 5.32 Å². The third kappa shape index (κ3) is 5.10. The lowest BCUT2D eigenvalue weighted by molar-refractivity contribution is -0.902. The lowest BCUT2D eigenvalue weighted by atomic mass is 9.75. The number of hydrogen-bond acceptors (Lipinski definition) is 2. The monoisotopic (exact) mass is 372 g/mol. The zero-order chi connectivity index (χ0) is 19.2. The fourth-order valence-electron chi connectivity index (χ4n) is 4.81. The maximum Gasteiger partial charge on any atom is 0.279 e. The summed E-state index contributed by atoms with van der Waals surface area (Å²) in [5.41, 5.74) is 1.34. The van der Waals surface area contributed by atoms with Gasteiger partial charge in [-0.25, -0.2) is 0 Å². The summed E-state index contributed by atoms with van der Waals surface area (Å²) in [6.45, 7) is 8.10. The van der Waals surface area contributed by atoms with Crippen molar-refractivity contribution in [3.63, 3.8) is 0 Å². The summed E-state index contributed by atoms with van der Waals surface area (Å²) in [6.07, 6.45) is 6.73. The highest BCUT2D eigenvalue weighted by Crippen LogP contribution is 2.32. The van der Waals surface area contributed by atoms with Gasteiger partial charge in [0.15, 0.2) is 6.54 Å². The van der Waals surface area contributed by atoms with E-state index in [-0.39, 0.29) is 11.8 Å². The van der Waals surface area contributed by atoms with E-state index in [0.717, 1.165) is 24.9 Å². The van der Waals surface area contributed by atoms with Crippen molar-refractivity contribution in [2.75, 3.05) is 38.0 Å². The molecule has 3 atom stereocenters. The molecule has 1 aliphatic heterocycles. The molecular formula is C22H34N3O2+. The van der Waals surface area contributed by atoms with Crippen LogP contribution >= 0.6 is 0 Å². The highest BCUT2D eigenvalue weighted by Gasteiger charge is 2.34. The standard InChI is InChI=1S/C22H33N3O2/c1-3-25(4-2)22(27)18-10-7-11-20(14-18)23-21(26)16-24-13-12-17-8-5-6-9-19(17)15-24/h7,10-11,14,17,19H,3-6,8-9,12-13,15-16H2,1-2H3,(H,23,26)/p+1/t17-,19-/m1/s1. The Labute approximate surface area is 163 Å². The van der Waals surface area contributed by atoms with Gasteiger partial charge in [0.1, 0.15) is 0 Å². The van der Waals surface area contributed by atoms with Gasteiger partial charge >= 0.3 is 0 Å². The largest absolute Gasteiger partial charge is 0.339 e. The maximum atomic E-state index is 12.5. The van der Waals surface area contributed by atoms with Crippen LogP contribution in [0.1, 0.15) is 56.3 Å². The molecule has 5 nitrogen and oxygen atoms in total. The van der Waals surface area contributed by atoms with Gasteiger partial charge in [0.2, 0.25) is 0 Å². The summed E-state index contributed by atoms with van der Waals surface area (Å²) in [7, 11) is 0. The number of likely N-dealkylation sites (tertiary alicyclic amines) is 1. The van der Waals surface area contributed by atoms with E-state index in [9.17, 15) is 9.59 Å². The average Bonchev–Trinajstić information content (AvgIpc) is 2.69. The van der Waals surface area contributed by atoms with Gasteiger partial charge in [0, 0.05) is 30.3 Å². The van der Waals surface area contributed by atoms with Crippen LogP contribution in [0.15, 0.2) is 24.3 Å². The zero-order valence-electron chi connectivity index (χ0n) is 16.8. The Morgan fingerprint density at radius 1 is 1.11 bits per heavy atom. The Kier molecular flexibility index (Phi) is 6.89. The molecular weight excluding hydrogens is 338 g/mol. The summed E-state index contributed by atoms with van der Waals surface area (Å²) in [6, 6.07) is 7.31. The van der Waals surface area contributed by atoms with Crippen molar-refractivity contribution in [2.45, 2.75) is 46.0 Å². The minimum absolute atomic E-state index is 0.0149. The minimum atomic E-state index is 0.0149. The van der Waals surface area contributed by atoms with Crippen molar-refractivity contribution in [3.05, 3.63) is 29.8 Å². The van der Waals surface area contributed by atoms with E-state index < -0.39 is 0 Å². The number of hydrogen-bond donors (Lipinski definition) is 2. The van der Waals surface area contributed by atoms with Crippen LogP contribution < -0.4 is 10.2 Å². The highest BCUT2D eigenvalue weighted by atomic mass is 16.2. The molecule has 1 aliphatic carbocycles. The van der Waals surface area contributed by atoms with E-state index >= 15 is 0 Å². The van der Waals surface area contributed by atoms with Gasteiger partial charge in [-0.1, -0.05) is 18.9 Å². The van der Waals surface area contributed by atoms with Crippen LogP contribution in [0.3, 0.4) is 0 Å². The number of anilines is 1. The molecule has 5 heteroatoms. The second kappa shape index (κ2) is 9.36. The molecule has 2 N–H and O–H groups in total. The van der Waals surface area contributed by atoms with Crippen LogP contribution in [0, 0.1) is 11.8 Å². The van der Waals surface area contributed by atoms with E-state index in [4.69, 9.17) is 0 Å². The van der Waals surface area contributed by atoms with Crippen molar-refractivity contribution in [3.8, 4) is 0 Å². The van der Waals surface area contributed by atoms with Crippen LogP contribution in [0.2, 0.25) is 0 Å². The van der Waals surface area contributed by atoms with Gasteiger partial charge in [0.25, 0.3) is 11.8 Å². The number of quaternary nitrogens is 1. The van der Waals surface area contributed by atoms with Gasteiger partial charge in [-0.3, -0.25) is 9.59 Å². The average molecular weight is 373 g/mol. The predicted octanol–water partition coefficient (Wildman–Crippen LogP) is 2.20. The quantitative estimate of drug-likeness (QED) is 0.804. The van der Waals surface area contributed by atoms with Crippen LogP contribution in [-0.4, -0.2) is 49.4 Å². The number of carbonyl (C=O) groups is 2. The Balaban J connectivity index is 1.55. The molecule has 2 amide bonds. The molecule has 1 saturated heterocycles. The van der Waals surface area contributed by atoms with Crippen molar-refractivity contribution in [2.24, 2.45) is 11.8 Å². The summed E-state index contributed by atoms with van der Waals surface area (Å²) in [4.78, 5) is 28.2. The first-order valence-electron chi connectivity index (χ1n) is 10.6. The molecule has 3 rings (SSSR count). The molecule has 148 valence electrons. The molecule has 1 heterocycles. The molecule has 1 unspecified atom stereocenters. The van der Waals surface area contributed by atoms with Crippen molar-refractivity contribution in [1.29, 1.82) is 0 Å². The fourth-order valence-corrected chi connectivity index (χ4v) is 4.81. The number of rotatable bonds is 6.